The van der Waals surface area contributed by atoms with Crippen LogP contribution in [0.25, 0.3) is 0 Å². The van der Waals surface area contributed by atoms with E-state index in [-0.39, 0.29) is 66.8 Å². The molecule has 0 aliphatic rings. The Balaban J connectivity index is 1.79. The van der Waals surface area contributed by atoms with Crippen molar-refractivity contribution >= 4 is 35.8 Å². The Morgan fingerprint density at radius 3 is 0.804 bits per heavy atom. The monoisotopic (exact) mass is 742 g/mol. The summed E-state index contributed by atoms with van der Waals surface area (Å²) in [6, 6.07) is 21.2. The zero-order valence-corrected chi connectivity index (χ0v) is 28.4. The summed E-state index contributed by atoms with van der Waals surface area (Å²) in [4.78, 5) is 70.1. The van der Waals surface area contributed by atoms with Gasteiger partial charge in [0.2, 0.25) is 0 Å². The molecule has 0 bridgehead atoms. The normalized spacial score (nSPS) is 9.71. The van der Waals surface area contributed by atoms with Gasteiger partial charge >= 0.3 is 35.8 Å². The van der Waals surface area contributed by atoms with Crippen LogP contribution in [0.4, 0.5) is 0 Å². The molecule has 12 heteroatoms. The van der Waals surface area contributed by atoms with Gasteiger partial charge in [-0.25, -0.2) is 28.8 Å². The molecule has 0 unspecified atom stereocenters. The van der Waals surface area contributed by atoms with E-state index in [1.807, 2.05) is 0 Å². The van der Waals surface area contributed by atoms with Gasteiger partial charge in [0.25, 0.3) is 0 Å². The van der Waals surface area contributed by atoms with Crippen molar-refractivity contribution in [1.29, 1.82) is 0 Å². The standard InChI is InChI=1S/C44H22O12/c45-39(46)33-5-1-3-25(15-33)7-11-29-21-31(13-9-27-17-35(41(49)50)23-36(18-27)42(51)52)32(14-10-28-19-37(43(53)54)24-38(20-28)44(55)56)22-30(29)12-8-26-4-2-6-34(16-26)40(47)48/h1-6,15-24H,(H,45,46)(H,47,48)(H,49,50)(H,51,52)(H,53,54)(H,55,56). The molecule has 0 aromatic heterocycles. The van der Waals surface area contributed by atoms with Crippen LogP contribution >= 0.6 is 0 Å². The predicted molar refractivity (Wildman–Crippen MR) is 198 cm³/mol. The van der Waals surface area contributed by atoms with E-state index in [0.29, 0.717) is 11.1 Å². The van der Waals surface area contributed by atoms with Gasteiger partial charge in [-0.15, -0.1) is 0 Å². The van der Waals surface area contributed by atoms with Crippen molar-refractivity contribution in [2.24, 2.45) is 0 Å². The molecule has 0 saturated carbocycles. The third-order valence-corrected chi connectivity index (χ3v) is 7.60. The SMILES string of the molecule is O=C(O)c1cccc(C#Cc2cc(C#Cc3cc(C(=O)O)cc(C(=O)O)c3)c(C#Cc3cc(C(=O)O)cc(C(=O)O)c3)cc2C#Cc2cccc(C(=O)O)c2)c1. The van der Waals surface area contributed by atoms with E-state index in [0.717, 1.165) is 12.1 Å². The van der Waals surface area contributed by atoms with Gasteiger partial charge in [0, 0.05) is 44.5 Å². The molecule has 12 nitrogen and oxygen atoms in total. The van der Waals surface area contributed by atoms with Crippen molar-refractivity contribution in [1.82, 2.24) is 0 Å². The number of hydrogen-bond donors (Lipinski definition) is 6. The fourth-order valence-corrected chi connectivity index (χ4v) is 4.92. The lowest BCUT2D eigenvalue weighted by Crippen LogP contribution is -2.03. The molecule has 0 aliphatic carbocycles. The number of hydrogen-bond acceptors (Lipinski definition) is 6. The van der Waals surface area contributed by atoms with Gasteiger partial charge in [-0.05, 0) is 84.9 Å². The van der Waals surface area contributed by atoms with Crippen LogP contribution in [0.1, 0.15) is 107 Å². The quantitative estimate of drug-likeness (QED) is 0.119. The van der Waals surface area contributed by atoms with Gasteiger partial charge < -0.3 is 30.6 Å². The molecule has 0 atom stereocenters. The van der Waals surface area contributed by atoms with Crippen molar-refractivity contribution in [2.75, 3.05) is 0 Å². The number of carbonyl (C=O) groups is 6. The summed E-state index contributed by atoms with van der Waals surface area (Å²) < 4.78 is 0. The van der Waals surface area contributed by atoms with Crippen molar-refractivity contribution in [2.45, 2.75) is 0 Å². The molecule has 0 heterocycles. The fraction of sp³-hybridized carbons (Fsp3) is 0. The van der Waals surface area contributed by atoms with Gasteiger partial charge in [0.05, 0.1) is 33.4 Å². The summed E-state index contributed by atoms with van der Waals surface area (Å²) in [5.41, 5.74) is 0.0428. The lowest BCUT2D eigenvalue weighted by Gasteiger charge is -2.04. The lowest BCUT2D eigenvalue weighted by atomic mass is 9.97. The summed E-state index contributed by atoms with van der Waals surface area (Å²) >= 11 is 0. The first kappa shape index (κ1) is 38.4. The van der Waals surface area contributed by atoms with Crippen LogP contribution in [0.5, 0.6) is 0 Å². The molecule has 0 amide bonds. The minimum Gasteiger partial charge on any atom is -0.478 e. The summed E-state index contributed by atoms with van der Waals surface area (Å²) in [7, 11) is 0. The van der Waals surface area contributed by atoms with Crippen LogP contribution in [-0.2, 0) is 0 Å². The largest absolute Gasteiger partial charge is 0.478 e. The van der Waals surface area contributed by atoms with Crippen molar-refractivity contribution in [3.63, 3.8) is 0 Å². The van der Waals surface area contributed by atoms with E-state index in [9.17, 15) is 59.4 Å². The molecule has 56 heavy (non-hydrogen) atoms. The van der Waals surface area contributed by atoms with Crippen molar-refractivity contribution in [3.8, 4) is 47.4 Å². The van der Waals surface area contributed by atoms with E-state index in [1.54, 1.807) is 12.1 Å². The number of benzene rings is 5. The molecule has 5 aromatic rings. The average Bonchev–Trinajstić information content (AvgIpc) is 3.17. The first-order valence-electron chi connectivity index (χ1n) is 15.8. The molecule has 5 aromatic carbocycles. The Bertz CT molecular complexity index is 2540. The Hall–Kier alpha value is -8.84. The van der Waals surface area contributed by atoms with Crippen molar-refractivity contribution in [3.05, 3.63) is 175 Å². The molecule has 0 fully saturated rings. The van der Waals surface area contributed by atoms with Crippen LogP contribution in [0.15, 0.2) is 97.1 Å². The highest BCUT2D eigenvalue weighted by Gasteiger charge is 2.13. The minimum atomic E-state index is -1.40. The number of aromatic carboxylic acids is 6. The van der Waals surface area contributed by atoms with Gasteiger partial charge in [-0.3, -0.25) is 0 Å². The molecular formula is C44H22O12. The fourth-order valence-electron chi connectivity index (χ4n) is 4.92. The smallest absolute Gasteiger partial charge is 0.335 e. The molecular weight excluding hydrogens is 720 g/mol. The molecule has 0 aliphatic heterocycles. The molecule has 270 valence electrons. The Kier molecular flexibility index (Phi) is 11.4. The van der Waals surface area contributed by atoms with Gasteiger partial charge in [-0.1, -0.05) is 59.5 Å². The Labute approximate surface area is 317 Å². The summed E-state index contributed by atoms with van der Waals surface area (Å²) in [5.74, 6) is 14.9. The zero-order valence-electron chi connectivity index (χ0n) is 28.4. The third kappa shape index (κ3) is 9.73. The van der Waals surface area contributed by atoms with Crippen LogP contribution < -0.4 is 0 Å². The Morgan fingerprint density at radius 2 is 0.536 bits per heavy atom. The summed E-state index contributed by atoms with van der Waals surface area (Å²) in [5, 5.41) is 57.1. The van der Waals surface area contributed by atoms with E-state index in [4.69, 9.17) is 0 Å². The second-order valence-corrected chi connectivity index (χ2v) is 11.5. The molecule has 0 saturated heterocycles. The molecule has 6 N–H and O–H groups in total. The molecule has 0 radical (unpaired) electrons. The second kappa shape index (κ2) is 16.7. The Morgan fingerprint density at radius 1 is 0.286 bits per heavy atom. The summed E-state index contributed by atoms with van der Waals surface area (Å²) in [6.07, 6.45) is 0. The van der Waals surface area contributed by atoms with E-state index < -0.39 is 35.8 Å². The topological polar surface area (TPSA) is 224 Å². The summed E-state index contributed by atoms with van der Waals surface area (Å²) in [6.45, 7) is 0. The number of rotatable bonds is 6. The van der Waals surface area contributed by atoms with E-state index in [2.05, 4.69) is 47.4 Å². The van der Waals surface area contributed by atoms with Crippen LogP contribution in [-0.4, -0.2) is 66.5 Å². The van der Waals surface area contributed by atoms with Crippen molar-refractivity contribution < 1.29 is 59.4 Å². The molecule has 0 spiro atoms. The lowest BCUT2D eigenvalue weighted by molar-refractivity contribution is 0.0676. The highest BCUT2D eigenvalue weighted by molar-refractivity contribution is 5.95. The maximum atomic E-state index is 11.7. The van der Waals surface area contributed by atoms with Gasteiger partial charge in [-0.2, -0.15) is 0 Å². The highest BCUT2D eigenvalue weighted by Crippen LogP contribution is 2.19. The van der Waals surface area contributed by atoms with Crippen LogP contribution in [0.2, 0.25) is 0 Å². The zero-order chi connectivity index (χ0) is 40.5. The maximum Gasteiger partial charge on any atom is 0.335 e. The van der Waals surface area contributed by atoms with Crippen LogP contribution in [0, 0.1) is 47.4 Å². The number of carboxylic acids is 6. The average molecular weight is 743 g/mol. The maximum absolute atomic E-state index is 11.7. The number of carboxylic acid groups (broad SMARTS) is 6. The first-order chi connectivity index (χ1) is 26.7. The first-order valence-corrected chi connectivity index (χ1v) is 15.8. The van der Waals surface area contributed by atoms with Crippen LogP contribution in [0.3, 0.4) is 0 Å². The van der Waals surface area contributed by atoms with E-state index >= 15 is 0 Å². The molecule has 5 rings (SSSR count). The second-order valence-electron chi connectivity index (χ2n) is 11.5. The predicted octanol–water partition coefficient (Wildman–Crippen LogP) is 5.48. The van der Waals surface area contributed by atoms with E-state index in [1.165, 1.54) is 72.8 Å². The third-order valence-electron chi connectivity index (χ3n) is 7.60. The minimum absolute atomic E-state index is 0.0155. The van der Waals surface area contributed by atoms with Gasteiger partial charge in [0.1, 0.15) is 0 Å². The van der Waals surface area contributed by atoms with Gasteiger partial charge in [0.15, 0.2) is 0 Å². The highest BCUT2D eigenvalue weighted by atomic mass is 16.4.